The van der Waals surface area contributed by atoms with Gasteiger partial charge >= 0.3 is 0 Å². The van der Waals surface area contributed by atoms with Gasteiger partial charge in [-0.05, 0) is 24.3 Å². The molecule has 4 aromatic rings. The molecule has 4 heterocycles. The average Bonchev–Trinajstić information content (AvgIpc) is 3.27. The van der Waals surface area contributed by atoms with Gasteiger partial charge in [-0.25, -0.2) is 0 Å². The minimum atomic E-state index is -0.503. The molecule has 0 aromatic carbocycles. The predicted octanol–water partition coefficient (Wildman–Crippen LogP) is 1.52. The van der Waals surface area contributed by atoms with E-state index in [0.717, 1.165) is 0 Å². The SMILES string of the molecule is O=C(Nc1cc(=O)[nH]c2nc(-c3ccco3)nn12)c1ccco1. The molecule has 0 unspecified atom stereocenters. The summed E-state index contributed by atoms with van der Waals surface area (Å²) in [5.74, 6) is 0.680. The Labute approximate surface area is 127 Å². The maximum absolute atomic E-state index is 12.1. The zero-order valence-electron chi connectivity index (χ0n) is 11.5. The number of amides is 1. The van der Waals surface area contributed by atoms with Crippen molar-refractivity contribution >= 4 is 17.5 Å². The van der Waals surface area contributed by atoms with E-state index in [-0.39, 0.29) is 23.2 Å². The molecule has 0 bridgehead atoms. The Morgan fingerprint density at radius 1 is 1.22 bits per heavy atom. The van der Waals surface area contributed by atoms with E-state index in [9.17, 15) is 9.59 Å². The lowest BCUT2D eigenvalue weighted by Crippen LogP contribution is -2.18. The molecule has 0 aliphatic carbocycles. The Bertz CT molecular complexity index is 1030. The molecule has 2 N–H and O–H groups in total. The van der Waals surface area contributed by atoms with E-state index < -0.39 is 11.5 Å². The van der Waals surface area contributed by atoms with Gasteiger partial charge in [0.25, 0.3) is 11.5 Å². The maximum atomic E-state index is 12.1. The third-order valence-electron chi connectivity index (χ3n) is 3.07. The summed E-state index contributed by atoms with van der Waals surface area (Å²) in [6, 6.07) is 7.69. The Morgan fingerprint density at radius 3 is 2.78 bits per heavy atom. The largest absolute Gasteiger partial charge is 0.461 e. The number of nitrogens with one attached hydrogen (secondary N) is 2. The first-order valence-electron chi connectivity index (χ1n) is 6.59. The van der Waals surface area contributed by atoms with Crippen LogP contribution in [0.15, 0.2) is 56.5 Å². The number of fused-ring (bicyclic) bond motifs is 1. The quantitative estimate of drug-likeness (QED) is 0.592. The van der Waals surface area contributed by atoms with E-state index in [4.69, 9.17) is 8.83 Å². The summed E-state index contributed by atoms with van der Waals surface area (Å²) < 4.78 is 11.5. The van der Waals surface area contributed by atoms with E-state index in [1.807, 2.05) is 0 Å². The molecule has 0 spiro atoms. The molecule has 0 atom stereocenters. The van der Waals surface area contributed by atoms with Gasteiger partial charge in [0.1, 0.15) is 5.82 Å². The van der Waals surface area contributed by atoms with Crippen LogP contribution in [0.1, 0.15) is 10.6 Å². The van der Waals surface area contributed by atoms with Crippen LogP contribution in [-0.2, 0) is 0 Å². The van der Waals surface area contributed by atoms with Gasteiger partial charge in [0, 0.05) is 6.07 Å². The molecule has 0 saturated heterocycles. The molecule has 0 aliphatic rings. The number of anilines is 1. The number of hydrogen-bond acceptors (Lipinski definition) is 6. The first-order chi connectivity index (χ1) is 11.2. The first-order valence-corrected chi connectivity index (χ1v) is 6.59. The van der Waals surface area contributed by atoms with Crippen LogP contribution in [0.4, 0.5) is 5.82 Å². The highest BCUT2D eigenvalue weighted by atomic mass is 16.3. The van der Waals surface area contributed by atoms with Crippen LogP contribution in [0.2, 0.25) is 0 Å². The van der Waals surface area contributed by atoms with Crippen LogP contribution >= 0.6 is 0 Å². The topological polar surface area (TPSA) is 118 Å². The molecule has 1 amide bonds. The van der Waals surface area contributed by atoms with Gasteiger partial charge in [0.15, 0.2) is 11.5 Å². The van der Waals surface area contributed by atoms with Crippen LogP contribution in [0.3, 0.4) is 0 Å². The Hall–Kier alpha value is -3.62. The molecule has 9 nitrogen and oxygen atoms in total. The van der Waals surface area contributed by atoms with Crippen molar-refractivity contribution < 1.29 is 13.6 Å². The molecule has 23 heavy (non-hydrogen) atoms. The van der Waals surface area contributed by atoms with Gasteiger partial charge in [-0.1, -0.05) is 0 Å². The second-order valence-corrected chi connectivity index (χ2v) is 4.60. The van der Waals surface area contributed by atoms with Crippen molar-refractivity contribution in [2.75, 3.05) is 5.32 Å². The van der Waals surface area contributed by atoms with E-state index in [1.54, 1.807) is 18.2 Å². The average molecular weight is 311 g/mol. The van der Waals surface area contributed by atoms with Gasteiger partial charge < -0.3 is 14.2 Å². The van der Waals surface area contributed by atoms with Crippen molar-refractivity contribution in [3.8, 4) is 11.6 Å². The van der Waals surface area contributed by atoms with Crippen molar-refractivity contribution in [3.63, 3.8) is 0 Å². The Morgan fingerprint density at radius 2 is 2.04 bits per heavy atom. The molecule has 0 radical (unpaired) electrons. The highest BCUT2D eigenvalue weighted by molar-refractivity contribution is 6.01. The highest BCUT2D eigenvalue weighted by Crippen LogP contribution is 2.17. The zero-order chi connectivity index (χ0) is 15.8. The second-order valence-electron chi connectivity index (χ2n) is 4.60. The van der Waals surface area contributed by atoms with Crippen LogP contribution < -0.4 is 10.9 Å². The molecule has 0 aliphatic heterocycles. The lowest BCUT2D eigenvalue weighted by atomic mass is 10.4. The third kappa shape index (κ3) is 2.29. The Kier molecular flexibility index (Phi) is 2.83. The summed E-state index contributed by atoms with van der Waals surface area (Å²) in [5, 5.41) is 6.79. The molecule has 4 aromatic heterocycles. The van der Waals surface area contributed by atoms with Crippen molar-refractivity contribution in [1.82, 2.24) is 19.6 Å². The van der Waals surface area contributed by atoms with Crippen LogP contribution in [0, 0.1) is 0 Å². The summed E-state index contributed by atoms with van der Waals surface area (Å²) in [4.78, 5) is 30.5. The fraction of sp³-hybridized carbons (Fsp3) is 0. The fourth-order valence-corrected chi connectivity index (χ4v) is 2.08. The molecule has 9 heteroatoms. The van der Waals surface area contributed by atoms with Gasteiger partial charge in [-0.15, -0.1) is 5.10 Å². The van der Waals surface area contributed by atoms with E-state index in [1.165, 1.54) is 29.2 Å². The highest BCUT2D eigenvalue weighted by Gasteiger charge is 2.16. The number of nitrogens with zero attached hydrogens (tertiary/aromatic N) is 3. The number of H-pyrrole nitrogens is 1. The van der Waals surface area contributed by atoms with Crippen molar-refractivity contribution in [2.45, 2.75) is 0 Å². The number of rotatable bonds is 3. The summed E-state index contributed by atoms with van der Waals surface area (Å²) in [5.41, 5.74) is -0.425. The smallest absolute Gasteiger partial charge is 0.292 e. The van der Waals surface area contributed by atoms with Gasteiger partial charge in [-0.3, -0.25) is 14.6 Å². The number of aromatic amines is 1. The minimum Gasteiger partial charge on any atom is -0.461 e. The van der Waals surface area contributed by atoms with Crippen LogP contribution in [0.25, 0.3) is 17.4 Å². The maximum Gasteiger partial charge on any atom is 0.292 e. The molecule has 0 fully saturated rings. The number of hydrogen-bond donors (Lipinski definition) is 2. The van der Waals surface area contributed by atoms with E-state index in [2.05, 4.69) is 20.4 Å². The zero-order valence-corrected chi connectivity index (χ0v) is 11.5. The van der Waals surface area contributed by atoms with Crippen LogP contribution in [0.5, 0.6) is 0 Å². The number of aromatic nitrogens is 4. The summed E-state index contributed by atoms with van der Waals surface area (Å²) in [6.45, 7) is 0. The van der Waals surface area contributed by atoms with E-state index >= 15 is 0 Å². The molecular weight excluding hydrogens is 302 g/mol. The number of carbonyl (C=O) groups excluding carboxylic acids is 1. The fourth-order valence-electron chi connectivity index (χ4n) is 2.08. The molecule has 4 rings (SSSR count). The number of furan rings is 2. The normalized spacial score (nSPS) is 11.0. The summed E-state index contributed by atoms with van der Waals surface area (Å²) in [6.07, 6.45) is 2.87. The first kappa shape index (κ1) is 13.1. The van der Waals surface area contributed by atoms with Gasteiger partial charge in [0.2, 0.25) is 11.6 Å². The monoisotopic (exact) mass is 311 g/mol. The lowest BCUT2D eigenvalue weighted by Gasteiger charge is -2.04. The summed E-state index contributed by atoms with van der Waals surface area (Å²) >= 11 is 0. The lowest BCUT2D eigenvalue weighted by molar-refractivity contribution is 0.0996. The van der Waals surface area contributed by atoms with Crippen molar-refractivity contribution in [2.24, 2.45) is 0 Å². The molecule has 0 saturated carbocycles. The third-order valence-corrected chi connectivity index (χ3v) is 3.07. The van der Waals surface area contributed by atoms with Crippen molar-refractivity contribution in [3.05, 3.63) is 59.0 Å². The van der Waals surface area contributed by atoms with Gasteiger partial charge in [-0.2, -0.15) is 9.50 Å². The standard InChI is InChI=1S/C14H9N5O4/c20-11-7-10(15-13(21)9-4-2-6-23-9)19-14(16-11)17-12(18-19)8-3-1-5-22-8/h1-7H,(H,15,21)(H,16,17,18,20). The molecule has 114 valence electrons. The summed E-state index contributed by atoms with van der Waals surface area (Å²) in [7, 11) is 0. The van der Waals surface area contributed by atoms with Crippen molar-refractivity contribution in [1.29, 1.82) is 0 Å². The molecular formula is C14H9N5O4. The predicted molar refractivity (Wildman–Crippen MR) is 78.0 cm³/mol. The minimum absolute atomic E-state index is 0.116. The Balaban J connectivity index is 1.79. The van der Waals surface area contributed by atoms with Gasteiger partial charge in [0.05, 0.1) is 12.5 Å². The van der Waals surface area contributed by atoms with Crippen LogP contribution in [-0.4, -0.2) is 25.5 Å². The number of carbonyl (C=O) groups is 1. The second kappa shape index (κ2) is 4.98. The van der Waals surface area contributed by atoms with E-state index in [0.29, 0.717) is 5.76 Å².